The minimum absolute atomic E-state index is 0.415. The first-order valence-electron chi connectivity index (χ1n) is 20.1. The molecule has 4 aromatic carbocycles. The summed E-state index contributed by atoms with van der Waals surface area (Å²) in [7, 11) is 0. The van der Waals surface area contributed by atoms with Crippen LogP contribution in [-0.2, 0) is 35.2 Å². The minimum Gasteiger partial charge on any atom is -0.426 e. The van der Waals surface area contributed by atoms with Crippen molar-refractivity contribution in [3.05, 3.63) is 154 Å². The molecule has 2 unspecified atom stereocenters. The van der Waals surface area contributed by atoms with Gasteiger partial charge in [0.25, 0.3) is 0 Å². The van der Waals surface area contributed by atoms with Gasteiger partial charge in [0.05, 0.1) is 34.5 Å². The maximum atomic E-state index is 13.1. The van der Waals surface area contributed by atoms with Gasteiger partial charge in [-0.05, 0) is 110 Å². The highest BCUT2D eigenvalue weighted by Crippen LogP contribution is 2.32. The van der Waals surface area contributed by atoms with Crippen molar-refractivity contribution in [1.29, 1.82) is 0 Å². The number of ether oxygens (including phenoxy) is 2. The first kappa shape index (κ1) is 38.3. The second-order valence-corrected chi connectivity index (χ2v) is 15.1. The Kier molecular flexibility index (Phi) is 10.9. The Morgan fingerprint density at radius 3 is 1.36 bits per heavy atom. The van der Waals surface area contributed by atoms with E-state index in [1.54, 1.807) is 0 Å². The number of aryl methyl sites for hydroxylation is 6. The normalized spacial score (nSPS) is 12.6. The Morgan fingerprint density at radius 1 is 0.552 bits per heavy atom. The van der Waals surface area contributed by atoms with Gasteiger partial charge in [0.2, 0.25) is 0 Å². The highest BCUT2D eigenvalue weighted by molar-refractivity contribution is 6.12. The van der Waals surface area contributed by atoms with Crippen molar-refractivity contribution in [3.8, 4) is 0 Å². The molecule has 0 aliphatic rings. The fourth-order valence-electron chi connectivity index (χ4n) is 7.88. The van der Waals surface area contributed by atoms with Gasteiger partial charge in [-0.1, -0.05) is 86.6 Å². The van der Waals surface area contributed by atoms with Crippen LogP contribution in [0.3, 0.4) is 0 Å². The van der Waals surface area contributed by atoms with Crippen molar-refractivity contribution in [3.63, 3.8) is 0 Å². The Balaban J connectivity index is 0.846. The van der Waals surface area contributed by atoms with Crippen molar-refractivity contribution in [2.45, 2.75) is 78.4 Å². The Labute approximate surface area is 338 Å². The van der Waals surface area contributed by atoms with E-state index in [-0.39, 0.29) is 0 Å². The van der Waals surface area contributed by atoms with Gasteiger partial charge in [0, 0.05) is 44.3 Å². The van der Waals surface area contributed by atoms with Crippen LogP contribution in [0.1, 0.15) is 83.7 Å². The van der Waals surface area contributed by atoms with Gasteiger partial charge in [-0.25, -0.2) is 4.79 Å². The lowest BCUT2D eigenvalue weighted by Gasteiger charge is -2.21. The van der Waals surface area contributed by atoms with Crippen LogP contribution in [0.15, 0.2) is 109 Å². The Bertz CT molecular complexity index is 2600. The van der Waals surface area contributed by atoms with Crippen molar-refractivity contribution in [1.82, 2.24) is 19.9 Å². The van der Waals surface area contributed by atoms with E-state index < -0.39 is 18.4 Å². The molecule has 0 radical (unpaired) electrons. The average Bonchev–Trinajstić information content (AvgIpc) is 3.25. The van der Waals surface area contributed by atoms with Crippen LogP contribution in [0.5, 0.6) is 0 Å². The third-order valence-electron chi connectivity index (χ3n) is 11.2. The molecular weight excluding hydrogens is 721 g/mol. The summed E-state index contributed by atoms with van der Waals surface area (Å²) in [6, 6.07) is 32.7. The number of pyridine rings is 4. The maximum Gasteiger partial charge on any atom is 0.509 e. The number of fused-ring (bicyclic) bond motifs is 6. The van der Waals surface area contributed by atoms with E-state index in [4.69, 9.17) is 30.9 Å². The second-order valence-electron chi connectivity index (χ2n) is 15.1. The lowest BCUT2D eigenvalue weighted by Crippen LogP contribution is -2.16. The Morgan fingerprint density at radius 2 is 0.966 bits per heavy atom. The molecule has 0 aliphatic carbocycles. The number of nitrogen functional groups attached to an aromatic ring is 2. The molecule has 4 heterocycles. The van der Waals surface area contributed by atoms with Gasteiger partial charge >= 0.3 is 6.16 Å². The van der Waals surface area contributed by atoms with Crippen molar-refractivity contribution in [2.24, 2.45) is 0 Å². The van der Waals surface area contributed by atoms with E-state index in [0.717, 1.165) is 103 Å². The summed E-state index contributed by atoms with van der Waals surface area (Å²) >= 11 is 0. The summed E-state index contributed by atoms with van der Waals surface area (Å²) in [5, 5.41) is 3.95. The molecule has 9 heteroatoms. The van der Waals surface area contributed by atoms with Gasteiger partial charge in [-0.2, -0.15) is 0 Å². The molecule has 0 amide bonds. The Hall–Kier alpha value is -6.61. The monoisotopic (exact) mass is 768 g/mol. The average molecular weight is 769 g/mol. The topological polar surface area (TPSA) is 139 Å². The molecule has 4 aromatic heterocycles. The van der Waals surface area contributed by atoms with Crippen molar-refractivity contribution < 1.29 is 14.3 Å². The molecule has 0 bridgehead atoms. The highest BCUT2D eigenvalue weighted by atomic mass is 16.7. The standard InChI is InChI=1S/C49H48N6O3/c1-5-43(33-15-9-31(10-16-33)13-19-35-21-23-37-41(54-35)27-52-47-29(3)7-25-39(50)45(37)47)57-49(56)58-44(6-2)34-17-11-32(12-18-34)14-20-36-22-24-38-42(55-36)28-53-48-30(4)8-26-40(51)46(38)48/h7-12,15-18,21-28,43-44H,5-6,13-14,19-20,50-51H2,1-4H3. The summed E-state index contributed by atoms with van der Waals surface area (Å²) in [6.45, 7) is 8.09. The first-order chi connectivity index (χ1) is 28.2. The molecule has 0 saturated carbocycles. The zero-order valence-electron chi connectivity index (χ0n) is 33.5. The summed E-state index contributed by atoms with van der Waals surface area (Å²) in [5.41, 5.74) is 26.0. The number of hydrogen-bond donors (Lipinski definition) is 2. The molecular formula is C49H48N6O3. The van der Waals surface area contributed by atoms with Gasteiger partial charge in [-0.3, -0.25) is 19.9 Å². The third kappa shape index (κ3) is 7.85. The largest absolute Gasteiger partial charge is 0.509 e. The lowest BCUT2D eigenvalue weighted by molar-refractivity contribution is -0.00518. The van der Waals surface area contributed by atoms with Crippen molar-refractivity contribution >= 4 is 61.1 Å². The molecule has 9 nitrogen and oxygen atoms in total. The van der Waals surface area contributed by atoms with Crippen LogP contribution < -0.4 is 11.5 Å². The molecule has 0 aliphatic heterocycles. The minimum atomic E-state index is -0.671. The lowest BCUT2D eigenvalue weighted by atomic mass is 10.0. The number of hydrogen-bond acceptors (Lipinski definition) is 9. The zero-order valence-corrected chi connectivity index (χ0v) is 33.5. The summed E-state index contributed by atoms with van der Waals surface area (Å²) in [6.07, 6.45) is 6.63. The third-order valence-corrected chi connectivity index (χ3v) is 11.2. The van der Waals surface area contributed by atoms with Crippen LogP contribution in [0.25, 0.3) is 43.6 Å². The summed E-state index contributed by atoms with van der Waals surface area (Å²) in [5.74, 6) is 0. The molecule has 0 fully saturated rings. The number of benzene rings is 4. The molecule has 0 saturated heterocycles. The molecule has 292 valence electrons. The smallest absolute Gasteiger partial charge is 0.426 e. The SMILES string of the molecule is CCC(OC(=O)OC(CC)c1ccc(CCc2ccc3c(cnc4c(C)ccc(N)c43)n2)cc1)c1ccc(CCc2ccc3c(cnc4c(C)ccc(N)c43)n2)cc1. The van der Waals surface area contributed by atoms with E-state index in [2.05, 4.69) is 58.5 Å². The summed E-state index contributed by atoms with van der Waals surface area (Å²) in [4.78, 5) is 32.2. The van der Waals surface area contributed by atoms with Crippen molar-refractivity contribution in [2.75, 3.05) is 11.5 Å². The second kappa shape index (κ2) is 16.5. The summed E-state index contributed by atoms with van der Waals surface area (Å²) < 4.78 is 11.7. The van der Waals surface area contributed by atoms with Gasteiger partial charge in [-0.15, -0.1) is 0 Å². The molecule has 8 aromatic rings. The molecule has 0 spiro atoms. The molecule has 4 N–H and O–H groups in total. The fraction of sp³-hybridized carbons (Fsp3) is 0.245. The van der Waals surface area contributed by atoms with Crippen LogP contribution in [-0.4, -0.2) is 26.1 Å². The maximum absolute atomic E-state index is 13.1. The van der Waals surface area contributed by atoms with Crippen LogP contribution in [0, 0.1) is 13.8 Å². The van der Waals surface area contributed by atoms with Gasteiger partial charge < -0.3 is 20.9 Å². The number of aromatic nitrogens is 4. The number of carbonyl (C=O) groups excluding carboxylic acids is 1. The molecule has 58 heavy (non-hydrogen) atoms. The quantitative estimate of drug-likeness (QED) is 0.0706. The predicted octanol–water partition coefficient (Wildman–Crippen LogP) is 11.0. The number of nitrogens with two attached hydrogens (primary N) is 2. The van der Waals surface area contributed by atoms with Crippen LogP contribution in [0.4, 0.5) is 16.2 Å². The van der Waals surface area contributed by atoms with E-state index in [9.17, 15) is 4.79 Å². The number of rotatable bonds is 12. The predicted molar refractivity (Wildman–Crippen MR) is 234 cm³/mol. The fourth-order valence-corrected chi connectivity index (χ4v) is 7.88. The molecule has 8 rings (SSSR count). The van der Waals surface area contributed by atoms with Crippen LogP contribution >= 0.6 is 0 Å². The van der Waals surface area contributed by atoms with E-state index >= 15 is 0 Å². The molecule has 2 atom stereocenters. The van der Waals surface area contributed by atoms with Gasteiger partial charge in [0.1, 0.15) is 12.2 Å². The number of nitrogens with zero attached hydrogens (tertiary/aromatic N) is 4. The zero-order chi connectivity index (χ0) is 40.3. The van der Waals surface area contributed by atoms with Gasteiger partial charge in [0.15, 0.2) is 0 Å². The van der Waals surface area contributed by atoms with Crippen LogP contribution in [0.2, 0.25) is 0 Å². The highest BCUT2D eigenvalue weighted by Gasteiger charge is 2.21. The van der Waals surface area contributed by atoms with E-state index in [1.165, 1.54) is 11.1 Å². The number of anilines is 2. The van der Waals surface area contributed by atoms with E-state index in [0.29, 0.717) is 24.2 Å². The first-order valence-corrected chi connectivity index (χ1v) is 20.1. The van der Waals surface area contributed by atoms with E-state index in [1.807, 2.05) is 88.6 Å². The number of carbonyl (C=O) groups is 1.